The third kappa shape index (κ3) is 3.11. The number of aromatic nitrogens is 2. The number of nitrogens with zero attached hydrogens (tertiary/aromatic N) is 2. The molecule has 1 aromatic heterocycles. The summed E-state index contributed by atoms with van der Waals surface area (Å²) < 4.78 is 6.53. The van der Waals surface area contributed by atoms with Crippen LogP contribution in [0.5, 0.6) is 0 Å². The lowest BCUT2D eigenvalue weighted by atomic mass is 10.1. The summed E-state index contributed by atoms with van der Waals surface area (Å²) in [5, 5.41) is 8.03. The Morgan fingerprint density at radius 1 is 1.40 bits per heavy atom. The fourth-order valence-corrected chi connectivity index (χ4v) is 2.12. The Labute approximate surface area is 122 Å². The molecule has 1 unspecified atom stereocenters. The van der Waals surface area contributed by atoms with Crippen molar-refractivity contribution in [1.29, 1.82) is 0 Å². The molecule has 6 heteroatoms. The summed E-state index contributed by atoms with van der Waals surface area (Å²) in [6, 6.07) is 6.53. The number of halogens is 1. The molecule has 1 atom stereocenters. The van der Waals surface area contributed by atoms with Crippen molar-refractivity contribution >= 4 is 23.3 Å². The first kappa shape index (κ1) is 14.4. The Balaban J connectivity index is 2.31. The van der Waals surface area contributed by atoms with Crippen molar-refractivity contribution in [3.05, 3.63) is 46.7 Å². The average molecular weight is 294 g/mol. The number of rotatable bonds is 4. The van der Waals surface area contributed by atoms with E-state index in [4.69, 9.17) is 16.3 Å². The van der Waals surface area contributed by atoms with Crippen molar-refractivity contribution in [2.45, 2.75) is 13.0 Å². The predicted octanol–water partition coefficient (Wildman–Crippen LogP) is 2.71. The number of nitrogens with one attached hydrogen (secondary N) is 1. The van der Waals surface area contributed by atoms with Gasteiger partial charge in [0.05, 0.1) is 12.8 Å². The molecule has 5 nitrogen and oxygen atoms in total. The van der Waals surface area contributed by atoms with Crippen LogP contribution in [0, 0.1) is 6.92 Å². The molecule has 0 aliphatic rings. The van der Waals surface area contributed by atoms with Gasteiger partial charge in [0.15, 0.2) is 6.04 Å². The van der Waals surface area contributed by atoms with E-state index in [-0.39, 0.29) is 5.97 Å². The Hall–Kier alpha value is -2.01. The van der Waals surface area contributed by atoms with Gasteiger partial charge in [-0.2, -0.15) is 5.10 Å². The molecule has 20 heavy (non-hydrogen) atoms. The van der Waals surface area contributed by atoms with E-state index in [1.807, 2.05) is 26.1 Å². The second kappa shape index (κ2) is 5.96. The lowest BCUT2D eigenvalue weighted by Gasteiger charge is -2.17. The molecular weight excluding hydrogens is 278 g/mol. The van der Waals surface area contributed by atoms with Crippen molar-refractivity contribution in [2.75, 3.05) is 12.4 Å². The number of methoxy groups -OCH3 is 1. The highest BCUT2D eigenvalue weighted by Gasteiger charge is 2.25. The van der Waals surface area contributed by atoms with Crippen molar-refractivity contribution in [2.24, 2.45) is 7.05 Å². The number of carbonyl (C=O) groups excluding carboxylic acids is 1. The minimum Gasteiger partial charge on any atom is -0.467 e. The molecule has 0 aliphatic carbocycles. The van der Waals surface area contributed by atoms with Gasteiger partial charge in [0.1, 0.15) is 0 Å². The van der Waals surface area contributed by atoms with Gasteiger partial charge in [0.25, 0.3) is 0 Å². The minimum absolute atomic E-state index is 0.365. The normalized spacial score (nSPS) is 12.0. The number of anilines is 1. The highest BCUT2D eigenvalue weighted by molar-refractivity contribution is 6.30. The second-order valence-electron chi connectivity index (χ2n) is 4.45. The molecule has 1 aromatic carbocycles. The molecule has 0 saturated heterocycles. The molecule has 2 aromatic rings. The third-order valence-corrected chi connectivity index (χ3v) is 3.21. The predicted molar refractivity (Wildman–Crippen MR) is 77.8 cm³/mol. The molecule has 0 saturated carbocycles. The van der Waals surface area contributed by atoms with E-state index in [0.29, 0.717) is 5.02 Å². The Kier molecular flexibility index (Phi) is 4.29. The number of aryl methyl sites for hydroxylation is 2. The first-order valence-electron chi connectivity index (χ1n) is 6.11. The van der Waals surface area contributed by atoms with Gasteiger partial charge in [-0.1, -0.05) is 11.6 Å². The average Bonchev–Trinajstić information content (AvgIpc) is 2.76. The number of hydrogen-bond acceptors (Lipinski definition) is 4. The molecule has 0 spiro atoms. The molecule has 1 N–H and O–H groups in total. The Bertz CT molecular complexity index is 607. The topological polar surface area (TPSA) is 56.1 Å². The van der Waals surface area contributed by atoms with Crippen molar-refractivity contribution in [1.82, 2.24) is 9.78 Å². The van der Waals surface area contributed by atoms with E-state index >= 15 is 0 Å². The molecule has 0 radical (unpaired) electrons. The fourth-order valence-electron chi connectivity index (χ4n) is 2.00. The first-order chi connectivity index (χ1) is 9.51. The quantitative estimate of drug-likeness (QED) is 0.881. The first-order valence-corrected chi connectivity index (χ1v) is 6.49. The van der Waals surface area contributed by atoms with E-state index in [1.165, 1.54) is 7.11 Å². The molecule has 0 fully saturated rings. The van der Waals surface area contributed by atoms with Gasteiger partial charge in [-0.25, -0.2) is 4.79 Å². The number of hydrogen-bond donors (Lipinski definition) is 1. The Morgan fingerprint density at radius 2 is 2.05 bits per heavy atom. The fraction of sp³-hybridized carbons (Fsp3) is 0.286. The number of carbonyl (C=O) groups is 1. The van der Waals surface area contributed by atoms with Gasteiger partial charge in [0, 0.05) is 29.5 Å². The van der Waals surface area contributed by atoms with Crippen LogP contribution in [-0.2, 0) is 16.6 Å². The maximum absolute atomic E-state index is 12.0. The Morgan fingerprint density at radius 3 is 2.55 bits per heavy atom. The van der Waals surface area contributed by atoms with Crippen LogP contribution in [0.25, 0.3) is 0 Å². The van der Waals surface area contributed by atoms with Gasteiger partial charge in [-0.3, -0.25) is 4.68 Å². The van der Waals surface area contributed by atoms with E-state index in [9.17, 15) is 4.79 Å². The number of benzene rings is 1. The highest BCUT2D eigenvalue weighted by atomic mass is 35.5. The summed E-state index contributed by atoms with van der Waals surface area (Å²) in [7, 11) is 3.18. The van der Waals surface area contributed by atoms with E-state index in [2.05, 4.69) is 10.4 Å². The summed E-state index contributed by atoms with van der Waals surface area (Å²) in [5.41, 5.74) is 2.35. The van der Waals surface area contributed by atoms with Gasteiger partial charge >= 0.3 is 5.97 Å². The zero-order chi connectivity index (χ0) is 14.7. The smallest absolute Gasteiger partial charge is 0.333 e. The molecule has 0 amide bonds. The molecule has 1 heterocycles. The van der Waals surface area contributed by atoms with Crippen molar-refractivity contribution < 1.29 is 9.53 Å². The molecule has 0 bridgehead atoms. The van der Waals surface area contributed by atoms with Crippen LogP contribution in [0.15, 0.2) is 30.5 Å². The summed E-state index contributed by atoms with van der Waals surface area (Å²) in [6.45, 7) is 1.86. The van der Waals surface area contributed by atoms with Gasteiger partial charge in [-0.15, -0.1) is 0 Å². The van der Waals surface area contributed by atoms with Crippen LogP contribution in [0.2, 0.25) is 5.02 Å². The van der Waals surface area contributed by atoms with Crippen molar-refractivity contribution in [3.63, 3.8) is 0 Å². The van der Waals surface area contributed by atoms with Crippen LogP contribution in [-0.4, -0.2) is 22.9 Å². The monoisotopic (exact) mass is 293 g/mol. The highest BCUT2D eigenvalue weighted by Crippen LogP contribution is 2.24. The summed E-state index contributed by atoms with van der Waals surface area (Å²) in [4.78, 5) is 12.0. The summed E-state index contributed by atoms with van der Waals surface area (Å²) >= 11 is 5.85. The number of ether oxygens (including phenoxy) is 1. The van der Waals surface area contributed by atoms with Gasteiger partial charge in [-0.05, 0) is 31.2 Å². The second-order valence-corrected chi connectivity index (χ2v) is 4.89. The van der Waals surface area contributed by atoms with Gasteiger partial charge < -0.3 is 10.1 Å². The molecule has 2 rings (SSSR count). The van der Waals surface area contributed by atoms with Crippen LogP contribution < -0.4 is 5.32 Å². The molecule has 106 valence electrons. The summed E-state index contributed by atoms with van der Waals surface area (Å²) in [6.07, 6.45) is 1.81. The molecular formula is C14H16ClN3O2. The third-order valence-electron chi connectivity index (χ3n) is 2.95. The molecule has 0 aliphatic heterocycles. The standard InChI is InChI=1S/C14H16ClN3O2/c1-9-12(8-18(2)17-9)13(14(19)20-3)16-11-6-4-10(15)5-7-11/h4-8,13,16H,1-3H3. The maximum Gasteiger partial charge on any atom is 0.333 e. The lowest BCUT2D eigenvalue weighted by molar-refractivity contribution is -0.141. The minimum atomic E-state index is -0.602. The summed E-state index contributed by atoms with van der Waals surface area (Å²) in [5.74, 6) is -0.365. The van der Waals surface area contributed by atoms with Crippen LogP contribution in [0.3, 0.4) is 0 Å². The zero-order valence-electron chi connectivity index (χ0n) is 11.6. The van der Waals surface area contributed by atoms with Crippen molar-refractivity contribution in [3.8, 4) is 0 Å². The van der Waals surface area contributed by atoms with Crippen LogP contribution in [0.4, 0.5) is 5.69 Å². The van der Waals surface area contributed by atoms with Gasteiger partial charge in [0.2, 0.25) is 0 Å². The SMILES string of the molecule is COC(=O)C(Nc1ccc(Cl)cc1)c1cn(C)nc1C. The largest absolute Gasteiger partial charge is 0.467 e. The van der Waals surface area contributed by atoms with E-state index in [1.54, 1.807) is 23.0 Å². The van der Waals surface area contributed by atoms with Crippen LogP contribution >= 0.6 is 11.6 Å². The lowest BCUT2D eigenvalue weighted by Crippen LogP contribution is -2.22. The maximum atomic E-state index is 12.0. The number of esters is 1. The van der Waals surface area contributed by atoms with E-state index in [0.717, 1.165) is 16.9 Å². The zero-order valence-corrected chi connectivity index (χ0v) is 12.3. The van der Waals surface area contributed by atoms with Crippen LogP contribution in [0.1, 0.15) is 17.3 Å². The van der Waals surface area contributed by atoms with E-state index < -0.39 is 6.04 Å².